The summed E-state index contributed by atoms with van der Waals surface area (Å²) in [6, 6.07) is 10.3. The number of methoxy groups -OCH3 is 2. The van der Waals surface area contributed by atoms with Gasteiger partial charge in [-0.05, 0) is 35.4 Å². The maximum Gasteiger partial charge on any atom is 0.229 e. The van der Waals surface area contributed by atoms with Crippen molar-refractivity contribution in [1.82, 2.24) is 0 Å². The second kappa shape index (κ2) is 14.6. The van der Waals surface area contributed by atoms with Crippen LogP contribution < -0.4 is 18.9 Å². The van der Waals surface area contributed by atoms with Crippen LogP contribution >= 0.6 is 0 Å². The first-order chi connectivity index (χ1) is 23.1. The molecule has 2 aromatic carbocycles. The Kier molecular flexibility index (Phi) is 10.6. The van der Waals surface area contributed by atoms with Crippen LogP contribution in [0.3, 0.4) is 0 Å². The second-order valence-electron chi connectivity index (χ2n) is 12.3. The summed E-state index contributed by atoms with van der Waals surface area (Å²) in [5.41, 5.74) is 1.59. The Morgan fingerprint density at radius 2 is 0.958 bits per heavy atom. The molecular formula is C32H42O16. The second-order valence-corrected chi connectivity index (χ2v) is 12.3. The normalized spacial score (nSPS) is 39.5. The topological polar surface area (TPSA) is 236 Å². The van der Waals surface area contributed by atoms with Gasteiger partial charge in [-0.3, -0.25) is 0 Å². The minimum Gasteiger partial charge on any atom is -0.493 e. The van der Waals surface area contributed by atoms with Crippen LogP contribution in [0.1, 0.15) is 23.3 Å². The molecule has 0 radical (unpaired) electrons. The smallest absolute Gasteiger partial charge is 0.229 e. The molecule has 0 aromatic heterocycles. The van der Waals surface area contributed by atoms with Crippen molar-refractivity contribution in [3.05, 3.63) is 47.5 Å². The van der Waals surface area contributed by atoms with Crippen molar-refractivity contribution >= 4 is 0 Å². The Balaban J connectivity index is 1.14. The van der Waals surface area contributed by atoms with E-state index in [0.717, 1.165) is 11.1 Å². The maximum absolute atomic E-state index is 10.4. The van der Waals surface area contributed by atoms with Gasteiger partial charge < -0.3 is 78.7 Å². The average Bonchev–Trinajstić information content (AvgIpc) is 3.72. The lowest BCUT2D eigenvalue weighted by Crippen LogP contribution is -2.60. The van der Waals surface area contributed by atoms with Crippen molar-refractivity contribution in [2.75, 3.05) is 40.6 Å². The van der Waals surface area contributed by atoms with Gasteiger partial charge >= 0.3 is 0 Å². The van der Waals surface area contributed by atoms with Crippen LogP contribution in [0.2, 0.25) is 0 Å². The Morgan fingerprint density at radius 3 is 1.31 bits per heavy atom. The molecule has 0 amide bonds. The number of fused-ring (bicyclic) bond motifs is 1. The molecule has 48 heavy (non-hydrogen) atoms. The van der Waals surface area contributed by atoms with Gasteiger partial charge in [-0.25, -0.2) is 0 Å². The van der Waals surface area contributed by atoms with Gasteiger partial charge in [0.2, 0.25) is 12.6 Å². The van der Waals surface area contributed by atoms with Gasteiger partial charge in [-0.1, -0.05) is 12.1 Å². The molecule has 4 heterocycles. The lowest BCUT2D eigenvalue weighted by molar-refractivity contribution is -0.277. The van der Waals surface area contributed by atoms with E-state index < -0.39 is 74.6 Å². The fraction of sp³-hybridized carbons (Fsp3) is 0.625. The third-order valence-corrected chi connectivity index (χ3v) is 9.48. The van der Waals surface area contributed by atoms with Crippen LogP contribution in [0.4, 0.5) is 0 Å². The van der Waals surface area contributed by atoms with Crippen molar-refractivity contribution in [1.29, 1.82) is 0 Å². The minimum atomic E-state index is -1.59. The molecule has 4 saturated heterocycles. The van der Waals surface area contributed by atoms with E-state index >= 15 is 0 Å². The van der Waals surface area contributed by atoms with Gasteiger partial charge in [0, 0.05) is 11.8 Å². The highest BCUT2D eigenvalue weighted by Crippen LogP contribution is 2.52. The predicted octanol–water partition coefficient (Wildman–Crippen LogP) is -1.86. The summed E-state index contributed by atoms with van der Waals surface area (Å²) < 4.78 is 46.1. The molecule has 8 N–H and O–H groups in total. The van der Waals surface area contributed by atoms with Gasteiger partial charge in [-0.2, -0.15) is 0 Å². The Labute approximate surface area is 275 Å². The predicted molar refractivity (Wildman–Crippen MR) is 159 cm³/mol. The number of benzene rings is 2. The van der Waals surface area contributed by atoms with Crippen LogP contribution in [0, 0.1) is 11.8 Å². The van der Waals surface area contributed by atoms with Crippen LogP contribution in [-0.4, -0.2) is 143 Å². The molecule has 0 unspecified atom stereocenters. The standard InChI is InChI=1S/C32H42O16/c1-41-19-7-13(3-5-17(19)45-31-27(39)25(37)23(35)21(9-33)47-31)29-15-11-44-30(16(15)12-43-29)14-4-6-18(20(8-14)42-2)46-32-28(40)26(38)24(36)22(10-34)48-32/h3-8,15-16,21-40H,9-12H2,1-2H3/t15-,16-,21-,22+,23-,24+,25+,26+,27-,28-,29+,30+,31+,32+/m0/s1. The van der Waals surface area contributed by atoms with Gasteiger partial charge in [0.25, 0.3) is 0 Å². The number of rotatable bonds is 10. The Hall–Kier alpha value is -2.84. The fourth-order valence-corrected chi connectivity index (χ4v) is 6.73. The zero-order valence-corrected chi connectivity index (χ0v) is 26.2. The first-order valence-electron chi connectivity index (χ1n) is 15.6. The highest BCUT2D eigenvalue weighted by atomic mass is 16.7. The van der Waals surface area contributed by atoms with Crippen molar-refractivity contribution in [2.45, 2.75) is 73.6 Å². The molecule has 0 aliphatic carbocycles. The summed E-state index contributed by atoms with van der Waals surface area (Å²) in [6.45, 7) is -0.371. The van der Waals surface area contributed by atoms with Crippen molar-refractivity contribution in [3.8, 4) is 23.0 Å². The molecule has 266 valence electrons. The van der Waals surface area contributed by atoms with Gasteiger partial charge in [-0.15, -0.1) is 0 Å². The van der Waals surface area contributed by atoms with Gasteiger partial charge in [0.15, 0.2) is 23.0 Å². The van der Waals surface area contributed by atoms with E-state index in [2.05, 4.69) is 0 Å². The molecule has 4 aliphatic heterocycles. The quantitative estimate of drug-likeness (QED) is 0.137. The third-order valence-electron chi connectivity index (χ3n) is 9.48. The van der Waals surface area contributed by atoms with E-state index in [4.69, 9.17) is 37.9 Å². The summed E-state index contributed by atoms with van der Waals surface area (Å²) in [5.74, 6) is 0.997. The Bertz CT molecular complexity index is 1290. The van der Waals surface area contributed by atoms with Gasteiger partial charge in [0.05, 0.1) is 52.9 Å². The Morgan fingerprint density at radius 1 is 0.562 bits per heavy atom. The summed E-state index contributed by atoms with van der Waals surface area (Å²) >= 11 is 0. The molecule has 16 heteroatoms. The lowest BCUT2D eigenvalue weighted by atomic mass is 9.85. The number of hydrogen-bond acceptors (Lipinski definition) is 16. The highest BCUT2D eigenvalue weighted by Gasteiger charge is 2.49. The van der Waals surface area contributed by atoms with Gasteiger partial charge in [0.1, 0.15) is 48.8 Å². The SMILES string of the molecule is COc1cc([C@H]2OC[C@H]3[C@@H]2CO[C@@H]3c2ccc(O[C@@H]3O[C@H](CO)[C@@H](O)[C@@H](O)[C@@H]3O)c(OC)c2)ccc1O[C@@H]1O[C@@H](CO)[C@H](O)[C@@H](O)[C@@H]1O. The molecule has 0 bridgehead atoms. The summed E-state index contributed by atoms with van der Waals surface area (Å²) in [7, 11) is 2.90. The number of hydrogen-bond donors (Lipinski definition) is 8. The summed E-state index contributed by atoms with van der Waals surface area (Å²) in [4.78, 5) is 0. The van der Waals surface area contributed by atoms with Crippen LogP contribution in [0.15, 0.2) is 36.4 Å². The molecule has 16 nitrogen and oxygen atoms in total. The first-order valence-corrected chi connectivity index (χ1v) is 15.6. The van der Waals surface area contributed by atoms with Crippen LogP contribution in [0.25, 0.3) is 0 Å². The van der Waals surface area contributed by atoms with E-state index in [0.29, 0.717) is 24.7 Å². The summed E-state index contributed by atoms with van der Waals surface area (Å²) in [6.07, 6.45) is -15.0. The number of aliphatic hydroxyl groups excluding tert-OH is 8. The van der Waals surface area contributed by atoms with Crippen molar-refractivity contribution in [3.63, 3.8) is 0 Å². The third kappa shape index (κ3) is 6.44. The summed E-state index contributed by atoms with van der Waals surface area (Å²) in [5, 5.41) is 80.1. The maximum atomic E-state index is 10.4. The van der Waals surface area contributed by atoms with Crippen molar-refractivity contribution < 1.29 is 78.7 Å². The van der Waals surface area contributed by atoms with E-state index in [9.17, 15) is 40.9 Å². The molecule has 4 aliphatic rings. The zero-order chi connectivity index (χ0) is 34.3. The van der Waals surface area contributed by atoms with E-state index in [1.54, 1.807) is 36.4 Å². The van der Waals surface area contributed by atoms with E-state index in [1.807, 2.05) is 0 Å². The molecule has 6 rings (SSSR count). The minimum absolute atomic E-state index is 0.0204. The largest absolute Gasteiger partial charge is 0.493 e. The van der Waals surface area contributed by atoms with E-state index in [-0.39, 0.29) is 35.5 Å². The molecule has 2 aromatic rings. The first kappa shape index (κ1) is 35.0. The zero-order valence-electron chi connectivity index (χ0n) is 26.2. The van der Waals surface area contributed by atoms with Crippen LogP contribution in [0.5, 0.6) is 23.0 Å². The lowest BCUT2D eigenvalue weighted by Gasteiger charge is -2.39. The van der Waals surface area contributed by atoms with E-state index in [1.165, 1.54) is 14.2 Å². The molecular weight excluding hydrogens is 640 g/mol. The molecule has 14 atom stereocenters. The van der Waals surface area contributed by atoms with Crippen molar-refractivity contribution in [2.24, 2.45) is 11.8 Å². The average molecular weight is 683 g/mol. The monoisotopic (exact) mass is 682 g/mol. The molecule has 4 fully saturated rings. The molecule has 0 saturated carbocycles. The number of ether oxygens (including phenoxy) is 8. The fourth-order valence-electron chi connectivity index (χ4n) is 6.73. The van der Waals surface area contributed by atoms with Crippen LogP contribution in [-0.2, 0) is 18.9 Å². The number of aliphatic hydroxyl groups is 8. The molecule has 0 spiro atoms. The highest BCUT2D eigenvalue weighted by molar-refractivity contribution is 5.46.